The minimum atomic E-state index is -0.0202. The number of aryl methyl sites for hydroxylation is 1. The molecule has 0 radical (unpaired) electrons. The maximum absolute atomic E-state index is 9.16. The lowest BCUT2D eigenvalue weighted by atomic mass is 10.1. The van der Waals surface area contributed by atoms with E-state index in [2.05, 4.69) is 4.98 Å². The van der Waals surface area contributed by atoms with Gasteiger partial charge in [-0.2, -0.15) is 0 Å². The number of aliphatic hydroxyl groups excluding tert-OH is 1. The fourth-order valence-electron chi connectivity index (χ4n) is 1.37. The van der Waals surface area contributed by atoms with Crippen molar-refractivity contribution in [2.75, 3.05) is 0 Å². The predicted molar refractivity (Wildman–Crippen MR) is 63.2 cm³/mol. The van der Waals surface area contributed by atoms with Gasteiger partial charge in [-0.1, -0.05) is 41.4 Å². The molecule has 0 amide bonds. The van der Waals surface area contributed by atoms with E-state index in [1.54, 1.807) is 0 Å². The van der Waals surface area contributed by atoms with Crippen molar-refractivity contribution in [2.24, 2.45) is 0 Å². The van der Waals surface area contributed by atoms with Crippen molar-refractivity contribution >= 4 is 22.9 Å². The van der Waals surface area contributed by atoms with Crippen molar-refractivity contribution < 1.29 is 5.11 Å². The average molecular weight is 240 g/mol. The van der Waals surface area contributed by atoms with E-state index in [0.29, 0.717) is 4.47 Å². The minimum Gasteiger partial charge on any atom is -0.391 e. The van der Waals surface area contributed by atoms with Crippen molar-refractivity contribution in [1.29, 1.82) is 0 Å². The smallest absolute Gasteiger partial charge is 0.184 e. The van der Waals surface area contributed by atoms with Gasteiger partial charge in [0.1, 0.15) is 0 Å². The van der Waals surface area contributed by atoms with Crippen molar-refractivity contribution in [3.8, 4) is 11.3 Å². The Morgan fingerprint density at radius 1 is 1.33 bits per heavy atom. The minimum absolute atomic E-state index is 0.0202. The topological polar surface area (TPSA) is 33.1 Å². The maximum Gasteiger partial charge on any atom is 0.184 e. The molecule has 2 rings (SSSR count). The molecule has 1 N–H and O–H groups in total. The molecule has 15 heavy (non-hydrogen) atoms. The number of aromatic nitrogens is 1. The van der Waals surface area contributed by atoms with E-state index in [9.17, 15) is 0 Å². The summed E-state index contributed by atoms with van der Waals surface area (Å²) in [5.74, 6) is 0. The molecule has 2 aromatic rings. The summed E-state index contributed by atoms with van der Waals surface area (Å²) in [6, 6.07) is 8.01. The summed E-state index contributed by atoms with van der Waals surface area (Å²) in [6.45, 7) is 2.01. The molecule has 1 aromatic carbocycles. The van der Waals surface area contributed by atoms with Gasteiger partial charge in [-0.15, -0.1) is 11.3 Å². The van der Waals surface area contributed by atoms with Gasteiger partial charge in [-0.25, -0.2) is 4.98 Å². The van der Waals surface area contributed by atoms with E-state index in [1.807, 2.05) is 31.2 Å². The lowest BCUT2D eigenvalue weighted by Gasteiger charge is -2.00. The van der Waals surface area contributed by atoms with Crippen LogP contribution in [0.3, 0.4) is 0 Å². The molecule has 0 aliphatic heterocycles. The number of nitrogens with zero attached hydrogens (tertiary/aromatic N) is 1. The maximum atomic E-state index is 9.16. The molecule has 78 valence electrons. The second-order valence-electron chi connectivity index (χ2n) is 3.26. The van der Waals surface area contributed by atoms with Gasteiger partial charge in [-0.3, -0.25) is 0 Å². The summed E-state index contributed by atoms with van der Waals surface area (Å²) in [7, 11) is 0. The second kappa shape index (κ2) is 4.31. The molecule has 0 saturated carbocycles. The standard InChI is InChI=1S/C11H10ClNOS/c1-7-2-4-8(5-3-7)10-9(6-14)15-11(12)13-10/h2-5,14H,6H2,1H3. The van der Waals surface area contributed by atoms with Gasteiger partial charge in [0, 0.05) is 5.56 Å². The second-order valence-corrected chi connectivity index (χ2v) is 4.93. The Kier molecular flexibility index (Phi) is 3.05. The highest BCUT2D eigenvalue weighted by molar-refractivity contribution is 7.16. The van der Waals surface area contributed by atoms with Crippen molar-refractivity contribution in [3.63, 3.8) is 0 Å². The lowest BCUT2D eigenvalue weighted by Crippen LogP contribution is -1.85. The molecular formula is C11H10ClNOS. The van der Waals surface area contributed by atoms with Crippen LogP contribution in [-0.4, -0.2) is 10.1 Å². The van der Waals surface area contributed by atoms with Gasteiger partial charge >= 0.3 is 0 Å². The summed E-state index contributed by atoms with van der Waals surface area (Å²) in [4.78, 5) is 5.01. The first kappa shape index (κ1) is 10.6. The molecule has 0 fully saturated rings. The first-order valence-corrected chi connectivity index (χ1v) is 5.73. The van der Waals surface area contributed by atoms with Crippen molar-refractivity contribution in [3.05, 3.63) is 39.2 Å². The first-order chi connectivity index (χ1) is 7.20. The van der Waals surface area contributed by atoms with E-state index in [0.717, 1.165) is 16.1 Å². The van der Waals surface area contributed by atoms with Crippen LogP contribution in [0.15, 0.2) is 24.3 Å². The largest absolute Gasteiger partial charge is 0.391 e. The number of rotatable bonds is 2. The summed E-state index contributed by atoms with van der Waals surface area (Å²) < 4.78 is 0.467. The molecule has 2 nitrogen and oxygen atoms in total. The summed E-state index contributed by atoms with van der Waals surface area (Å²) >= 11 is 7.14. The van der Waals surface area contributed by atoms with Crippen LogP contribution in [0.1, 0.15) is 10.4 Å². The number of benzene rings is 1. The average Bonchev–Trinajstić information content (AvgIpc) is 2.61. The van der Waals surface area contributed by atoms with E-state index in [-0.39, 0.29) is 6.61 Å². The first-order valence-electron chi connectivity index (χ1n) is 4.54. The Balaban J connectivity index is 2.48. The molecule has 0 bridgehead atoms. The molecule has 0 spiro atoms. The summed E-state index contributed by atoms with van der Waals surface area (Å²) in [5.41, 5.74) is 2.98. The third-order valence-corrected chi connectivity index (χ3v) is 3.28. The molecule has 4 heteroatoms. The van der Waals surface area contributed by atoms with Crippen LogP contribution in [0.5, 0.6) is 0 Å². The highest BCUT2D eigenvalue weighted by atomic mass is 35.5. The molecule has 0 saturated heterocycles. The van der Waals surface area contributed by atoms with Crippen LogP contribution < -0.4 is 0 Å². The zero-order chi connectivity index (χ0) is 10.8. The van der Waals surface area contributed by atoms with E-state index < -0.39 is 0 Å². The molecule has 1 aromatic heterocycles. The number of hydrogen-bond acceptors (Lipinski definition) is 3. The molecule has 0 unspecified atom stereocenters. The Labute approximate surface area is 97.2 Å². The van der Waals surface area contributed by atoms with E-state index >= 15 is 0 Å². The number of halogens is 1. The van der Waals surface area contributed by atoms with Gasteiger partial charge in [0.05, 0.1) is 17.2 Å². The Bertz CT molecular complexity index is 464. The fraction of sp³-hybridized carbons (Fsp3) is 0.182. The molecule has 0 atom stereocenters. The summed E-state index contributed by atoms with van der Waals surface area (Å²) in [5, 5.41) is 9.16. The highest BCUT2D eigenvalue weighted by Crippen LogP contribution is 2.30. The van der Waals surface area contributed by atoms with Crippen LogP contribution in [0.4, 0.5) is 0 Å². The number of thiazole rings is 1. The van der Waals surface area contributed by atoms with Crippen LogP contribution in [0.2, 0.25) is 4.47 Å². The third-order valence-electron chi connectivity index (χ3n) is 2.14. The normalized spacial score (nSPS) is 10.6. The Morgan fingerprint density at radius 3 is 2.60 bits per heavy atom. The zero-order valence-corrected chi connectivity index (χ0v) is 9.77. The van der Waals surface area contributed by atoms with Crippen LogP contribution >= 0.6 is 22.9 Å². The Morgan fingerprint density at radius 2 is 2.00 bits per heavy atom. The number of aliphatic hydroxyl groups is 1. The van der Waals surface area contributed by atoms with Crippen molar-refractivity contribution in [1.82, 2.24) is 4.98 Å². The monoisotopic (exact) mass is 239 g/mol. The quantitative estimate of drug-likeness (QED) is 0.873. The molecule has 0 aliphatic rings. The van der Waals surface area contributed by atoms with Gasteiger partial charge in [-0.05, 0) is 6.92 Å². The van der Waals surface area contributed by atoms with E-state index in [1.165, 1.54) is 16.9 Å². The van der Waals surface area contributed by atoms with E-state index in [4.69, 9.17) is 16.7 Å². The molecular weight excluding hydrogens is 230 g/mol. The predicted octanol–water partition coefficient (Wildman–Crippen LogP) is 3.26. The Hall–Kier alpha value is -0.900. The number of hydrogen-bond donors (Lipinski definition) is 1. The van der Waals surface area contributed by atoms with Gasteiger partial charge in [0.15, 0.2) is 4.47 Å². The lowest BCUT2D eigenvalue weighted by molar-refractivity contribution is 0.286. The SMILES string of the molecule is Cc1ccc(-c2nc(Cl)sc2CO)cc1. The summed E-state index contributed by atoms with van der Waals surface area (Å²) in [6.07, 6.45) is 0. The highest BCUT2D eigenvalue weighted by Gasteiger charge is 2.10. The molecule has 1 heterocycles. The van der Waals surface area contributed by atoms with Gasteiger partial charge in [0.2, 0.25) is 0 Å². The van der Waals surface area contributed by atoms with Crippen molar-refractivity contribution in [2.45, 2.75) is 13.5 Å². The van der Waals surface area contributed by atoms with Gasteiger partial charge < -0.3 is 5.11 Å². The third kappa shape index (κ3) is 2.20. The zero-order valence-electron chi connectivity index (χ0n) is 8.20. The molecule has 0 aliphatic carbocycles. The van der Waals surface area contributed by atoms with Gasteiger partial charge in [0.25, 0.3) is 0 Å². The fourth-order valence-corrected chi connectivity index (χ4v) is 2.40. The van der Waals surface area contributed by atoms with Crippen LogP contribution in [0.25, 0.3) is 11.3 Å². The van der Waals surface area contributed by atoms with Crippen LogP contribution in [-0.2, 0) is 6.61 Å². The van der Waals surface area contributed by atoms with Crippen LogP contribution in [0, 0.1) is 6.92 Å².